The van der Waals surface area contributed by atoms with E-state index in [1.165, 1.54) is 41.3 Å². The van der Waals surface area contributed by atoms with Crippen LogP contribution in [0.5, 0.6) is 5.75 Å². The number of phenolic OH excluding ortho intramolecular Hbond substituents is 1. The number of aliphatic hydroxyl groups excluding tert-OH is 1. The number of carbonyl (C=O) groups is 1. The fourth-order valence-corrected chi connectivity index (χ4v) is 3.29. The predicted octanol–water partition coefficient (Wildman–Crippen LogP) is 3.40. The second-order valence-corrected chi connectivity index (χ2v) is 6.23. The van der Waals surface area contributed by atoms with Crippen LogP contribution < -0.4 is 0 Å². The highest BCUT2D eigenvalue weighted by Gasteiger charge is 2.33. The molecule has 2 N–H and O–H groups in total. The van der Waals surface area contributed by atoms with Crippen LogP contribution in [0.1, 0.15) is 41.3 Å². The molecule has 0 spiro atoms. The molecule has 2 atom stereocenters. The van der Waals surface area contributed by atoms with E-state index in [1.54, 1.807) is 0 Å². The van der Waals surface area contributed by atoms with Gasteiger partial charge < -0.3 is 15.1 Å². The van der Waals surface area contributed by atoms with Crippen LogP contribution in [0.2, 0.25) is 0 Å². The first-order valence-corrected chi connectivity index (χ1v) is 8.19. The van der Waals surface area contributed by atoms with Gasteiger partial charge in [-0.2, -0.15) is 0 Å². The van der Waals surface area contributed by atoms with Crippen LogP contribution in [0, 0.1) is 11.6 Å². The van der Waals surface area contributed by atoms with E-state index in [4.69, 9.17) is 0 Å². The van der Waals surface area contributed by atoms with Gasteiger partial charge in [0.15, 0.2) is 0 Å². The maximum Gasteiger partial charge on any atom is 0.260 e. The zero-order valence-electron chi connectivity index (χ0n) is 13.5. The van der Waals surface area contributed by atoms with Crippen LogP contribution in [0.25, 0.3) is 0 Å². The third kappa shape index (κ3) is 3.64. The molecule has 4 nitrogen and oxygen atoms in total. The molecule has 1 heterocycles. The summed E-state index contributed by atoms with van der Waals surface area (Å²) in [5.41, 5.74) is 0.222. The molecule has 1 saturated heterocycles. The molecule has 2 unspecified atom stereocenters. The Kier molecular flexibility index (Phi) is 4.99. The maximum absolute atomic E-state index is 14.0. The second kappa shape index (κ2) is 7.19. The van der Waals surface area contributed by atoms with E-state index in [2.05, 4.69) is 0 Å². The molecule has 1 aliphatic heterocycles. The molecular weight excluding hydrogens is 328 g/mol. The minimum Gasteiger partial charge on any atom is -0.507 e. The molecule has 0 saturated carbocycles. The van der Waals surface area contributed by atoms with E-state index in [-0.39, 0.29) is 23.8 Å². The number of rotatable bonds is 4. The Morgan fingerprint density at radius 1 is 1.20 bits per heavy atom. The highest BCUT2D eigenvalue weighted by molar-refractivity contribution is 5.97. The van der Waals surface area contributed by atoms with Crippen molar-refractivity contribution < 1.29 is 23.8 Å². The Morgan fingerprint density at radius 2 is 1.92 bits per heavy atom. The van der Waals surface area contributed by atoms with Gasteiger partial charge in [-0.1, -0.05) is 18.2 Å². The van der Waals surface area contributed by atoms with Crippen molar-refractivity contribution in [3.8, 4) is 5.75 Å². The maximum atomic E-state index is 14.0. The van der Waals surface area contributed by atoms with Crippen molar-refractivity contribution >= 4 is 5.91 Å². The van der Waals surface area contributed by atoms with Gasteiger partial charge >= 0.3 is 0 Å². The molecule has 2 aromatic carbocycles. The molecule has 132 valence electrons. The van der Waals surface area contributed by atoms with Crippen molar-refractivity contribution in [1.29, 1.82) is 0 Å². The van der Waals surface area contributed by atoms with E-state index in [0.717, 1.165) is 12.5 Å². The Labute approximate surface area is 144 Å². The minimum atomic E-state index is -0.854. The predicted molar refractivity (Wildman–Crippen MR) is 88.1 cm³/mol. The van der Waals surface area contributed by atoms with E-state index >= 15 is 0 Å². The molecular formula is C19H19F2NO3. The van der Waals surface area contributed by atoms with Gasteiger partial charge in [0.05, 0.1) is 6.10 Å². The lowest BCUT2D eigenvalue weighted by Crippen LogP contribution is -2.37. The van der Waals surface area contributed by atoms with Crippen LogP contribution in [-0.2, 0) is 0 Å². The number of phenols is 1. The van der Waals surface area contributed by atoms with Crippen molar-refractivity contribution in [2.24, 2.45) is 0 Å². The van der Waals surface area contributed by atoms with E-state index < -0.39 is 23.6 Å². The van der Waals surface area contributed by atoms with Gasteiger partial charge in [-0.3, -0.25) is 4.79 Å². The number of benzene rings is 2. The van der Waals surface area contributed by atoms with Gasteiger partial charge in [-0.25, -0.2) is 8.78 Å². The summed E-state index contributed by atoms with van der Waals surface area (Å²) in [6, 6.07) is 9.02. The minimum absolute atomic E-state index is 0.270. The lowest BCUT2D eigenvalue weighted by molar-refractivity contribution is 0.0659. The molecule has 0 aromatic heterocycles. The number of aromatic hydroxyl groups is 1. The topological polar surface area (TPSA) is 60.8 Å². The number of amides is 1. The first-order valence-electron chi connectivity index (χ1n) is 8.19. The van der Waals surface area contributed by atoms with Crippen LogP contribution in [-0.4, -0.2) is 33.6 Å². The smallest absolute Gasteiger partial charge is 0.260 e. The number of likely N-dealkylation sites (tertiary alicyclic amines) is 1. The number of carbonyl (C=O) groups excluding carboxylic acids is 1. The monoisotopic (exact) mass is 347 g/mol. The van der Waals surface area contributed by atoms with Crippen LogP contribution in [0.3, 0.4) is 0 Å². The average molecular weight is 347 g/mol. The lowest BCUT2D eigenvalue weighted by Gasteiger charge is -2.27. The highest BCUT2D eigenvalue weighted by Crippen LogP contribution is 2.31. The summed E-state index contributed by atoms with van der Waals surface area (Å²) in [4.78, 5) is 14.1. The van der Waals surface area contributed by atoms with E-state index in [1.807, 2.05) is 0 Å². The third-order valence-corrected chi connectivity index (χ3v) is 4.59. The largest absolute Gasteiger partial charge is 0.507 e. The molecule has 3 rings (SSSR count). The second-order valence-electron chi connectivity index (χ2n) is 6.23. The fraction of sp³-hybridized carbons (Fsp3) is 0.316. The highest BCUT2D eigenvalue weighted by atomic mass is 19.1. The van der Waals surface area contributed by atoms with Crippen molar-refractivity contribution in [2.45, 2.75) is 31.4 Å². The molecule has 0 bridgehead atoms. The zero-order chi connectivity index (χ0) is 18.0. The van der Waals surface area contributed by atoms with E-state index in [0.29, 0.717) is 18.5 Å². The first kappa shape index (κ1) is 17.4. The number of hydrogen-bond donors (Lipinski definition) is 2. The molecule has 1 fully saturated rings. The third-order valence-electron chi connectivity index (χ3n) is 4.59. The van der Waals surface area contributed by atoms with Gasteiger partial charge in [0.25, 0.3) is 5.91 Å². The summed E-state index contributed by atoms with van der Waals surface area (Å²) < 4.78 is 26.9. The normalized spacial score (nSPS) is 18.4. The zero-order valence-corrected chi connectivity index (χ0v) is 13.5. The molecule has 1 aliphatic rings. The van der Waals surface area contributed by atoms with Crippen LogP contribution in [0.15, 0.2) is 42.5 Å². The quantitative estimate of drug-likeness (QED) is 0.891. The Balaban J connectivity index is 1.76. The van der Waals surface area contributed by atoms with Crippen molar-refractivity contribution in [3.05, 3.63) is 65.2 Å². The van der Waals surface area contributed by atoms with Crippen molar-refractivity contribution in [2.75, 3.05) is 6.54 Å². The summed E-state index contributed by atoms with van der Waals surface area (Å²) in [6.45, 7) is 0.438. The fourth-order valence-electron chi connectivity index (χ4n) is 3.29. The average Bonchev–Trinajstić information content (AvgIpc) is 3.03. The van der Waals surface area contributed by atoms with Crippen LogP contribution >= 0.6 is 0 Å². The molecule has 25 heavy (non-hydrogen) atoms. The molecule has 0 radical (unpaired) electrons. The summed E-state index contributed by atoms with van der Waals surface area (Å²) in [5.74, 6) is -2.13. The summed E-state index contributed by atoms with van der Waals surface area (Å²) in [7, 11) is 0. The molecule has 6 heteroatoms. The number of nitrogens with zero attached hydrogens (tertiary/aromatic N) is 1. The van der Waals surface area contributed by atoms with Gasteiger partial charge in [0.1, 0.15) is 22.9 Å². The summed E-state index contributed by atoms with van der Waals surface area (Å²) >= 11 is 0. The number of hydrogen-bond acceptors (Lipinski definition) is 3. The van der Waals surface area contributed by atoms with Crippen LogP contribution in [0.4, 0.5) is 8.78 Å². The van der Waals surface area contributed by atoms with Gasteiger partial charge in [0.2, 0.25) is 0 Å². The summed E-state index contributed by atoms with van der Waals surface area (Å²) in [6.07, 6.45) is 0.835. The van der Waals surface area contributed by atoms with Crippen molar-refractivity contribution in [3.63, 3.8) is 0 Å². The first-order chi connectivity index (χ1) is 12.0. The SMILES string of the molecule is O=C(c1c(O)cccc1F)N1CCCC1CC(O)c1ccc(F)cc1. The Hall–Kier alpha value is -2.47. The van der Waals surface area contributed by atoms with Crippen molar-refractivity contribution in [1.82, 2.24) is 4.90 Å². The van der Waals surface area contributed by atoms with Gasteiger partial charge in [0, 0.05) is 12.6 Å². The summed E-state index contributed by atoms with van der Waals surface area (Å²) in [5, 5.41) is 20.2. The van der Waals surface area contributed by atoms with Gasteiger partial charge in [-0.15, -0.1) is 0 Å². The Bertz CT molecular complexity index is 744. The molecule has 0 aliphatic carbocycles. The van der Waals surface area contributed by atoms with Gasteiger partial charge in [-0.05, 0) is 49.1 Å². The molecule has 1 amide bonds. The lowest BCUT2D eigenvalue weighted by atomic mass is 10.00. The standard InChI is InChI=1S/C19H19F2NO3/c20-13-8-6-12(7-9-13)17(24)11-14-3-2-10-22(14)19(25)18-15(21)4-1-5-16(18)23/h1,4-9,14,17,23-24H,2-3,10-11H2. The number of halogens is 2. The van der Waals surface area contributed by atoms with E-state index in [9.17, 15) is 23.8 Å². The Morgan fingerprint density at radius 3 is 2.60 bits per heavy atom. The molecule has 2 aromatic rings. The number of aliphatic hydroxyl groups is 1.